The molecule has 0 radical (unpaired) electrons. The lowest BCUT2D eigenvalue weighted by Gasteiger charge is -2.07. The van der Waals surface area contributed by atoms with Gasteiger partial charge in [0.05, 0.1) is 4.90 Å². The fraction of sp³-hybridized carbons (Fsp3) is 0.118. The molecular formula is C17H18N2O2S. The number of sulfone groups is 1. The second kappa shape index (κ2) is 6.15. The standard InChI is InChI=1S/C17H18N2O2S/c1-12(19)17(11-18)14-8-6-13(7-9-14)15-4-3-5-16(10-15)22(2,20)21/h3-11,18H,19H2,1-2H3. The van der Waals surface area contributed by atoms with Gasteiger partial charge in [0.1, 0.15) is 0 Å². The molecule has 0 aliphatic heterocycles. The first-order chi connectivity index (χ1) is 10.3. The maximum absolute atomic E-state index is 11.6. The summed E-state index contributed by atoms with van der Waals surface area (Å²) >= 11 is 0. The molecule has 4 nitrogen and oxygen atoms in total. The molecule has 0 atom stereocenters. The fourth-order valence-electron chi connectivity index (χ4n) is 2.17. The molecule has 0 aliphatic carbocycles. The number of hydrogen-bond acceptors (Lipinski definition) is 4. The van der Waals surface area contributed by atoms with Crippen LogP contribution >= 0.6 is 0 Å². The van der Waals surface area contributed by atoms with Crippen molar-refractivity contribution in [1.82, 2.24) is 0 Å². The summed E-state index contributed by atoms with van der Waals surface area (Å²) in [4.78, 5) is 0.298. The van der Waals surface area contributed by atoms with E-state index in [1.54, 1.807) is 25.1 Å². The molecule has 0 saturated heterocycles. The van der Waals surface area contributed by atoms with Crippen LogP contribution in [-0.2, 0) is 9.84 Å². The summed E-state index contributed by atoms with van der Waals surface area (Å²) < 4.78 is 23.3. The summed E-state index contributed by atoms with van der Waals surface area (Å²) in [6.07, 6.45) is 2.43. The van der Waals surface area contributed by atoms with Gasteiger partial charge in [0, 0.05) is 23.7 Å². The van der Waals surface area contributed by atoms with Crippen molar-refractivity contribution in [2.75, 3.05) is 6.26 Å². The van der Waals surface area contributed by atoms with E-state index < -0.39 is 9.84 Å². The molecule has 0 aliphatic rings. The third kappa shape index (κ3) is 3.43. The topological polar surface area (TPSA) is 84.0 Å². The van der Waals surface area contributed by atoms with Crippen LogP contribution in [0.3, 0.4) is 0 Å². The van der Waals surface area contributed by atoms with Gasteiger partial charge in [-0.15, -0.1) is 0 Å². The van der Waals surface area contributed by atoms with Crippen LogP contribution in [0.25, 0.3) is 16.7 Å². The largest absolute Gasteiger partial charge is 0.402 e. The Kier molecular flexibility index (Phi) is 4.47. The lowest BCUT2D eigenvalue weighted by atomic mass is 10.00. The highest BCUT2D eigenvalue weighted by atomic mass is 32.2. The minimum absolute atomic E-state index is 0.298. The SMILES string of the molecule is CC(N)=C(C=N)c1ccc(-c2cccc(S(C)(=O)=O)c2)cc1. The first-order valence-corrected chi connectivity index (χ1v) is 8.60. The van der Waals surface area contributed by atoms with Gasteiger partial charge in [-0.05, 0) is 35.7 Å². The summed E-state index contributed by atoms with van der Waals surface area (Å²) in [6, 6.07) is 14.4. The van der Waals surface area contributed by atoms with Crippen LogP contribution in [0.2, 0.25) is 0 Å². The number of benzene rings is 2. The summed E-state index contributed by atoms with van der Waals surface area (Å²) in [6.45, 7) is 1.75. The van der Waals surface area contributed by atoms with E-state index >= 15 is 0 Å². The molecule has 0 amide bonds. The second-order valence-corrected chi connectivity index (χ2v) is 7.13. The van der Waals surface area contributed by atoms with Crippen molar-refractivity contribution in [2.24, 2.45) is 5.73 Å². The van der Waals surface area contributed by atoms with E-state index in [4.69, 9.17) is 11.1 Å². The van der Waals surface area contributed by atoms with Crippen molar-refractivity contribution in [3.63, 3.8) is 0 Å². The van der Waals surface area contributed by atoms with Crippen molar-refractivity contribution in [1.29, 1.82) is 5.41 Å². The van der Waals surface area contributed by atoms with Crippen LogP contribution in [0.4, 0.5) is 0 Å². The fourth-order valence-corrected chi connectivity index (χ4v) is 2.84. The van der Waals surface area contributed by atoms with Gasteiger partial charge >= 0.3 is 0 Å². The molecule has 22 heavy (non-hydrogen) atoms. The van der Waals surface area contributed by atoms with Crippen molar-refractivity contribution in [3.05, 3.63) is 59.8 Å². The second-order valence-electron chi connectivity index (χ2n) is 5.12. The Bertz CT molecular complexity index is 831. The van der Waals surface area contributed by atoms with E-state index in [2.05, 4.69) is 0 Å². The van der Waals surface area contributed by atoms with Gasteiger partial charge in [-0.2, -0.15) is 0 Å². The van der Waals surface area contributed by atoms with Crippen molar-refractivity contribution in [2.45, 2.75) is 11.8 Å². The molecule has 0 heterocycles. The highest BCUT2D eigenvalue weighted by Gasteiger charge is 2.08. The Morgan fingerprint density at radius 1 is 1.09 bits per heavy atom. The Morgan fingerprint density at radius 2 is 1.73 bits per heavy atom. The molecule has 2 aromatic rings. The third-order valence-electron chi connectivity index (χ3n) is 3.36. The average molecular weight is 314 g/mol. The molecule has 114 valence electrons. The van der Waals surface area contributed by atoms with Crippen molar-refractivity contribution in [3.8, 4) is 11.1 Å². The predicted octanol–water partition coefficient (Wildman–Crippen LogP) is 3.10. The number of nitrogens with two attached hydrogens (primary N) is 1. The molecule has 0 fully saturated rings. The van der Waals surface area contributed by atoms with Gasteiger partial charge in [0.15, 0.2) is 9.84 Å². The van der Waals surface area contributed by atoms with Crippen LogP contribution in [0.5, 0.6) is 0 Å². The van der Waals surface area contributed by atoms with Gasteiger partial charge in [-0.1, -0.05) is 36.4 Å². The van der Waals surface area contributed by atoms with Gasteiger partial charge in [0.2, 0.25) is 0 Å². The zero-order valence-electron chi connectivity index (χ0n) is 12.5. The van der Waals surface area contributed by atoms with Gasteiger partial charge < -0.3 is 11.1 Å². The predicted molar refractivity (Wildman–Crippen MR) is 90.6 cm³/mol. The normalized spacial score (nSPS) is 12.6. The summed E-state index contributed by atoms with van der Waals surface area (Å²) in [7, 11) is -3.22. The molecule has 2 rings (SSSR count). The molecule has 0 spiro atoms. The molecule has 0 unspecified atom stereocenters. The maximum Gasteiger partial charge on any atom is 0.175 e. The van der Waals surface area contributed by atoms with E-state index in [0.717, 1.165) is 16.7 Å². The molecule has 5 heteroatoms. The zero-order valence-corrected chi connectivity index (χ0v) is 13.3. The number of allylic oxidation sites excluding steroid dienone is 2. The first kappa shape index (κ1) is 16.0. The molecule has 3 N–H and O–H groups in total. The number of hydrogen-bond donors (Lipinski definition) is 2. The highest BCUT2D eigenvalue weighted by molar-refractivity contribution is 7.90. The third-order valence-corrected chi connectivity index (χ3v) is 4.47. The molecular weight excluding hydrogens is 296 g/mol. The van der Waals surface area contributed by atoms with Crippen molar-refractivity contribution >= 4 is 21.6 Å². The lowest BCUT2D eigenvalue weighted by Crippen LogP contribution is -1.99. The van der Waals surface area contributed by atoms with E-state index in [1.807, 2.05) is 30.3 Å². The monoisotopic (exact) mass is 314 g/mol. The summed E-state index contributed by atoms with van der Waals surface area (Å²) in [5.41, 5.74) is 9.62. The van der Waals surface area contributed by atoms with E-state index in [0.29, 0.717) is 16.2 Å². The molecule has 0 saturated carbocycles. The smallest absolute Gasteiger partial charge is 0.175 e. The number of nitrogens with one attached hydrogen (secondary N) is 1. The molecule has 0 bridgehead atoms. The zero-order chi connectivity index (χ0) is 16.3. The van der Waals surface area contributed by atoms with E-state index in [9.17, 15) is 8.42 Å². The van der Waals surface area contributed by atoms with E-state index in [-0.39, 0.29) is 0 Å². The van der Waals surface area contributed by atoms with Crippen LogP contribution in [0, 0.1) is 5.41 Å². The summed E-state index contributed by atoms with van der Waals surface area (Å²) in [5.74, 6) is 0. The minimum atomic E-state index is -3.22. The lowest BCUT2D eigenvalue weighted by molar-refractivity contribution is 0.602. The van der Waals surface area contributed by atoms with Crippen LogP contribution in [0.15, 0.2) is 59.1 Å². The highest BCUT2D eigenvalue weighted by Crippen LogP contribution is 2.24. The van der Waals surface area contributed by atoms with Crippen molar-refractivity contribution < 1.29 is 8.42 Å². The Morgan fingerprint density at radius 3 is 2.23 bits per heavy atom. The first-order valence-electron chi connectivity index (χ1n) is 6.70. The Hall–Kier alpha value is -2.40. The Balaban J connectivity index is 2.44. The quantitative estimate of drug-likeness (QED) is 0.850. The Labute approximate surface area is 130 Å². The maximum atomic E-state index is 11.6. The van der Waals surface area contributed by atoms with Crippen LogP contribution in [-0.4, -0.2) is 20.9 Å². The average Bonchev–Trinajstić information content (AvgIpc) is 2.47. The van der Waals surface area contributed by atoms with Crippen LogP contribution in [0.1, 0.15) is 12.5 Å². The van der Waals surface area contributed by atoms with Gasteiger partial charge in [-0.3, -0.25) is 0 Å². The summed E-state index contributed by atoms with van der Waals surface area (Å²) in [5, 5.41) is 7.41. The van der Waals surface area contributed by atoms with Gasteiger partial charge in [0.25, 0.3) is 0 Å². The van der Waals surface area contributed by atoms with E-state index in [1.165, 1.54) is 12.5 Å². The number of rotatable bonds is 4. The van der Waals surface area contributed by atoms with Gasteiger partial charge in [-0.25, -0.2) is 8.42 Å². The minimum Gasteiger partial charge on any atom is -0.402 e. The molecule has 0 aromatic heterocycles. The molecule has 2 aromatic carbocycles. The van der Waals surface area contributed by atoms with Crippen LogP contribution < -0.4 is 5.73 Å².